The molecular weight excluding hydrogens is 266 g/mol. The van der Waals surface area contributed by atoms with Crippen molar-refractivity contribution in [2.24, 2.45) is 0 Å². The Kier molecular flexibility index (Phi) is 5.72. The second-order valence-corrected chi connectivity index (χ2v) is 5.39. The van der Waals surface area contributed by atoms with Crippen LogP contribution in [0.3, 0.4) is 0 Å². The number of carbonyl (C=O) groups excluding carboxylic acids is 2. The summed E-state index contributed by atoms with van der Waals surface area (Å²) in [5, 5.41) is 2.84. The lowest BCUT2D eigenvalue weighted by Crippen LogP contribution is -2.29. The number of carbonyl (C=O) groups is 2. The molecule has 1 fully saturated rings. The summed E-state index contributed by atoms with van der Waals surface area (Å²) in [7, 11) is 0. The number of aromatic nitrogens is 1. The molecule has 2 heterocycles. The molecule has 21 heavy (non-hydrogen) atoms. The van der Waals surface area contributed by atoms with Crippen LogP contribution in [-0.2, 0) is 0 Å². The van der Waals surface area contributed by atoms with Gasteiger partial charge in [-0.15, -0.1) is 0 Å². The average Bonchev–Trinajstić information content (AvgIpc) is 3.05. The molecular formula is C16H23N3O2. The van der Waals surface area contributed by atoms with E-state index in [0.717, 1.165) is 45.2 Å². The van der Waals surface area contributed by atoms with Crippen LogP contribution in [0.2, 0.25) is 0 Å². The number of nitrogens with zero attached hydrogens (tertiary/aromatic N) is 2. The van der Waals surface area contributed by atoms with Crippen molar-refractivity contribution in [2.45, 2.75) is 39.0 Å². The van der Waals surface area contributed by atoms with Gasteiger partial charge >= 0.3 is 0 Å². The van der Waals surface area contributed by atoms with Gasteiger partial charge in [-0.05, 0) is 31.4 Å². The fourth-order valence-electron chi connectivity index (χ4n) is 2.46. The van der Waals surface area contributed by atoms with Crippen molar-refractivity contribution in [3.8, 4) is 0 Å². The van der Waals surface area contributed by atoms with Gasteiger partial charge in [-0.1, -0.05) is 19.8 Å². The summed E-state index contributed by atoms with van der Waals surface area (Å²) in [4.78, 5) is 30.2. The van der Waals surface area contributed by atoms with Gasteiger partial charge in [-0.3, -0.25) is 14.6 Å². The lowest BCUT2D eigenvalue weighted by atomic mass is 10.2. The van der Waals surface area contributed by atoms with Gasteiger partial charge in [-0.2, -0.15) is 0 Å². The van der Waals surface area contributed by atoms with E-state index in [2.05, 4.69) is 17.2 Å². The van der Waals surface area contributed by atoms with E-state index >= 15 is 0 Å². The summed E-state index contributed by atoms with van der Waals surface area (Å²) in [5.74, 6) is -0.211. The molecule has 0 saturated carbocycles. The molecule has 0 unspecified atom stereocenters. The maximum absolute atomic E-state index is 12.3. The Bertz CT molecular complexity index is 496. The van der Waals surface area contributed by atoms with E-state index in [1.54, 1.807) is 12.1 Å². The molecule has 2 amide bonds. The minimum Gasteiger partial charge on any atom is -0.351 e. The number of hydrogen-bond acceptors (Lipinski definition) is 3. The third-order valence-electron chi connectivity index (χ3n) is 3.70. The number of unbranched alkanes of at least 4 members (excludes halogenated alkanes) is 2. The fraction of sp³-hybridized carbons (Fsp3) is 0.562. The van der Waals surface area contributed by atoms with Crippen molar-refractivity contribution < 1.29 is 9.59 Å². The molecule has 0 bridgehead atoms. The van der Waals surface area contributed by atoms with Gasteiger partial charge in [-0.25, -0.2) is 0 Å². The monoisotopic (exact) mass is 289 g/mol. The Morgan fingerprint density at radius 3 is 2.76 bits per heavy atom. The van der Waals surface area contributed by atoms with E-state index < -0.39 is 0 Å². The lowest BCUT2D eigenvalue weighted by Gasteiger charge is -2.15. The number of likely N-dealkylation sites (tertiary alicyclic amines) is 1. The van der Waals surface area contributed by atoms with Gasteiger partial charge in [0.25, 0.3) is 11.8 Å². The second kappa shape index (κ2) is 7.76. The Morgan fingerprint density at radius 1 is 1.29 bits per heavy atom. The minimum atomic E-state index is -0.206. The molecule has 5 nitrogen and oxygen atoms in total. The van der Waals surface area contributed by atoms with Crippen LogP contribution in [0.15, 0.2) is 18.3 Å². The van der Waals surface area contributed by atoms with Gasteiger partial charge < -0.3 is 10.2 Å². The third-order valence-corrected chi connectivity index (χ3v) is 3.70. The Morgan fingerprint density at radius 2 is 2.05 bits per heavy atom. The average molecular weight is 289 g/mol. The predicted molar refractivity (Wildman–Crippen MR) is 81.2 cm³/mol. The fourth-order valence-corrected chi connectivity index (χ4v) is 2.46. The van der Waals surface area contributed by atoms with Crippen LogP contribution in [0.1, 0.15) is 59.9 Å². The first-order valence-corrected chi connectivity index (χ1v) is 7.76. The number of nitrogens with one attached hydrogen (secondary N) is 1. The van der Waals surface area contributed by atoms with E-state index in [4.69, 9.17) is 0 Å². The minimum absolute atomic E-state index is 0.00469. The number of rotatable bonds is 6. The van der Waals surface area contributed by atoms with E-state index in [9.17, 15) is 9.59 Å². The highest BCUT2D eigenvalue weighted by Crippen LogP contribution is 2.13. The van der Waals surface area contributed by atoms with Crippen LogP contribution in [0.5, 0.6) is 0 Å². The lowest BCUT2D eigenvalue weighted by molar-refractivity contribution is 0.0792. The standard InChI is InChI=1S/C16H23N3O2/c1-2-3-4-8-18-15(20)14-12-13(7-9-17-14)16(21)19-10-5-6-11-19/h7,9,12H,2-6,8,10-11H2,1H3,(H,18,20). The molecule has 114 valence electrons. The maximum Gasteiger partial charge on any atom is 0.269 e. The normalized spacial score (nSPS) is 14.2. The van der Waals surface area contributed by atoms with Crippen molar-refractivity contribution in [2.75, 3.05) is 19.6 Å². The molecule has 0 aromatic carbocycles. The molecule has 1 aliphatic heterocycles. The zero-order valence-corrected chi connectivity index (χ0v) is 12.6. The van der Waals surface area contributed by atoms with E-state index in [-0.39, 0.29) is 11.8 Å². The third kappa shape index (κ3) is 4.28. The summed E-state index contributed by atoms with van der Waals surface area (Å²) >= 11 is 0. The van der Waals surface area contributed by atoms with Crippen molar-refractivity contribution in [3.05, 3.63) is 29.6 Å². The SMILES string of the molecule is CCCCCNC(=O)c1cc(C(=O)N2CCCC2)ccn1. The summed E-state index contributed by atoms with van der Waals surface area (Å²) in [5.41, 5.74) is 0.863. The molecule has 0 aliphatic carbocycles. The Balaban J connectivity index is 1.96. The summed E-state index contributed by atoms with van der Waals surface area (Å²) in [6.45, 7) is 4.38. The van der Waals surface area contributed by atoms with Gasteiger partial charge in [0, 0.05) is 31.4 Å². The van der Waals surface area contributed by atoms with E-state index in [1.165, 1.54) is 6.20 Å². The molecule has 0 radical (unpaired) electrons. The molecule has 5 heteroatoms. The molecule has 1 aromatic heterocycles. The predicted octanol–water partition coefficient (Wildman–Crippen LogP) is 2.24. The highest BCUT2D eigenvalue weighted by Gasteiger charge is 2.20. The van der Waals surface area contributed by atoms with Crippen molar-refractivity contribution in [1.82, 2.24) is 15.2 Å². The van der Waals surface area contributed by atoms with Gasteiger partial charge in [0.15, 0.2) is 0 Å². The topological polar surface area (TPSA) is 62.3 Å². The Labute approximate surface area is 125 Å². The zero-order chi connectivity index (χ0) is 15.1. The van der Waals surface area contributed by atoms with Crippen LogP contribution in [0, 0.1) is 0 Å². The second-order valence-electron chi connectivity index (χ2n) is 5.39. The number of pyridine rings is 1. The molecule has 2 rings (SSSR count). The van der Waals surface area contributed by atoms with Crippen LogP contribution in [-0.4, -0.2) is 41.3 Å². The number of amides is 2. The van der Waals surface area contributed by atoms with Crippen LogP contribution in [0.25, 0.3) is 0 Å². The molecule has 1 saturated heterocycles. The summed E-state index contributed by atoms with van der Waals surface area (Å²) in [6, 6.07) is 3.27. The van der Waals surface area contributed by atoms with Gasteiger partial charge in [0.05, 0.1) is 0 Å². The molecule has 0 spiro atoms. The molecule has 1 N–H and O–H groups in total. The first-order chi connectivity index (χ1) is 10.2. The van der Waals surface area contributed by atoms with Gasteiger partial charge in [0.2, 0.25) is 0 Å². The smallest absolute Gasteiger partial charge is 0.269 e. The quantitative estimate of drug-likeness (QED) is 0.817. The van der Waals surface area contributed by atoms with Crippen LogP contribution < -0.4 is 5.32 Å². The van der Waals surface area contributed by atoms with Crippen molar-refractivity contribution >= 4 is 11.8 Å². The van der Waals surface area contributed by atoms with Crippen molar-refractivity contribution in [1.29, 1.82) is 0 Å². The number of hydrogen-bond donors (Lipinski definition) is 1. The Hall–Kier alpha value is -1.91. The van der Waals surface area contributed by atoms with Crippen LogP contribution >= 0.6 is 0 Å². The van der Waals surface area contributed by atoms with Crippen LogP contribution in [0.4, 0.5) is 0 Å². The highest BCUT2D eigenvalue weighted by atomic mass is 16.2. The zero-order valence-electron chi connectivity index (χ0n) is 12.6. The first-order valence-electron chi connectivity index (χ1n) is 7.76. The summed E-state index contributed by atoms with van der Waals surface area (Å²) in [6.07, 6.45) is 6.83. The first kappa shape index (κ1) is 15.5. The molecule has 0 atom stereocenters. The summed E-state index contributed by atoms with van der Waals surface area (Å²) < 4.78 is 0. The van der Waals surface area contributed by atoms with E-state index in [1.807, 2.05) is 4.90 Å². The molecule has 1 aliphatic rings. The van der Waals surface area contributed by atoms with Crippen molar-refractivity contribution in [3.63, 3.8) is 0 Å². The molecule has 1 aromatic rings. The van der Waals surface area contributed by atoms with Gasteiger partial charge in [0.1, 0.15) is 5.69 Å². The van der Waals surface area contributed by atoms with E-state index in [0.29, 0.717) is 17.8 Å². The highest BCUT2D eigenvalue weighted by molar-refractivity contribution is 5.98. The largest absolute Gasteiger partial charge is 0.351 e. The maximum atomic E-state index is 12.3.